The van der Waals surface area contributed by atoms with E-state index < -0.39 is 17.0 Å². The lowest BCUT2D eigenvalue weighted by Gasteiger charge is -2.19. The molecular formula is C17H22N4O3. The van der Waals surface area contributed by atoms with Gasteiger partial charge in [0.05, 0.1) is 6.54 Å². The molecule has 0 fully saturated rings. The lowest BCUT2D eigenvalue weighted by atomic mass is 10.1. The van der Waals surface area contributed by atoms with Crippen molar-refractivity contribution in [3.05, 3.63) is 56.7 Å². The molecule has 0 unspecified atom stereocenters. The van der Waals surface area contributed by atoms with Crippen LogP contribution >= 0.6 is 0 Å². The van der Waals surface area contributed by atoms with Gasteiger partial charge in [-0.25, -0.2) is 4.79 Å². The summed E-state index contributed by atoms with van der Waals surface area (Å²) >= 11 is 0. The molecular weight excluding hydrogens is 308 g/mol. The van der Waals surface area contributed by atoms with Gasteiger partial charge in [0.2, 0.25) is 0 Å². The molecule has 2 rings (SSSR count). The third-order valence-electron chi connectivity index (χ3n) is 3.89. The fourth-order valence-electron chi connectivity index (χ4n) is 2.55. The van der Waals surface area contributed by atoms with Gasteiger partial charge in [0.25, 0.3) is 5.56 Å². The Morgan fingerprint density at radius 1 is 1.21 bits per heavy atom. The van der Waals surface area contributed by atoms with Crippen LogP contribution in [0, 0.1) is 0 Å². The molecule has 24 heavy (non-hydrogen) atoms. The third-order valence-corrected chi connectivity index (χ3v) is 3.89. The van der Waals surface area contributed by atoms with E-state index in [1.54, 1.807) is 11.9 Å². The molecule has 0 amide bonds. The van der Waals surface area contributed by atoms with Crippen molar-refractivity contribution in [1.82, 2.24) is 9.13 Å². The van der Waals surface area contributed by atoms with Crippen molar-refractivity contribution < 1.29 is 4.79 Å². The molecule has 0 aliphatic rings. The normalized spacial score (nSPS) is 10.6. The Labute approximate surface area is 139 Å². The second kappa shape index (κ2) is 7.16. The van der Waals surface area contributed by atoms with E-state index in [0.717, 1.165) is 10.3 Å². The molecule has 0 saturated carbocycles. The van der Waals surface area contributed by atoms with Crippen LogP contribution in [-0.4, -0.2) is 28.5 Å². The summed E-state index contributed by atoms with van der Waals surface area (Å²) in [6, 6.07) is 9.35. The highest BCUT2D eigenvalue weighted by molar-refractivity contribution is 6.02. The number of Topliss-reactive ketones (excluding diaryl/α,β-unsaturated/α-hetero) is 1. The first-order valence-corrected chi connectivity index (χ1v) is 7.77. The van der Waals surface area contributed by atoms with E-state index in [2.05, 4.69) is 0 Å². The Kier molecular flexibility index (Phi) is 5.23. The fraction of sp³-hybridized carbons (Fsp3) is 0.353. The summed E-state index contributed by atoms with van der Waals surface area (Å²) in [5.41, 5.74) is 5.52. The predicted octanol–water partition coefficient (Wildman–Crippen LogP) is 0.858. The van der Waals surface area contributed by atoms with Gasteiger partial charge in [-0.05, 0) is 18.6 Å². The van der Waals surface area contributed by atoms with Gasteiger partial charge in [-0.15, -0.1) is 0 Å². The molecule has 2 aromatic rings. The second-order valence-electron chi connectivity index (χ2n) is 5.67. The quantitative estimate of drug-likeness (QED) is 0.793. The SMILES string of the molecule is CCCn1c(N)c(C(=O)CN(C)c2ccccc2)c(=O)n(C)c1=O. The molecule has 7 nitrogen and oxygen atoms in total. The van der Waals surface area contributed by atoms with Gasteiger partial charge in [0.15, 0.2) is 5.78 Å². The molecule has 1 heterocycles. The molecule has 0 aliphatic heterocycles. The van der Waals surface area contributed by atoms with E-state index >= 15 is 0 Å². The number of rotatable bonds is 6. The molecule has 1 aromatic heterocycles. The summed E-state index contributed by atoms with van der Waals surface area (Å²) in [6.07, 6.45) is 0.667. The highest BCUT2D eigenvalue weighted by Crippen LogP contribution is 2.13. The van der Waals surface area contributed by atoms with Crippen molar-refractivity contribution in [2.75, 3.05) is 24.2 Å². The van der Waals surface area contributed by atoms with Crippen molar-refractivity contribution in [3.63, 3.8) is 0 Å². The van der Waals surface area contributed by atoms with Crippen LogP contribution in [-0.2, 0) is 13.6 Å². The number of para-hydroxylation sites is 1. The minimum Gasteiger partial charge on any atom is -0.384 e. The smallest absolute Gasteiger partial charge is 0.332 e. The van der Waals surface area contributed by atoms with Crippen LogP contribution < -0.4 is 21.9 Å². The summed E-state index contributed by atoms with van der Waals surface area (Å²) in [7, 11) is 3.12. The molecule has 0 saturated heterocycles. The molecule has 0 bridgehead atoms. The van der Waals surface area contributed by atoms with Gasteiger partial charge in [0, 0.05) is 26.3 Å². The highest BCUT2D eigenvalue weighted by Gasteiger charge is 2.22. The van der Waals surface area contributed by atoms with Crippen LogP contribution in [0.25, 0.3) is 0 Å². The standard InChI is InChI=1S/C17H22N4O3/c1-4-10-21-15(18)14(16(23)20(3)17(21)24)13(22)11-19(2)12-8-6-5-7-9-12/h5-9H,4,10-11,18H2,1-3H3. The molecule has 0 aliphatic carbocycles. The maximum Gasteiger partial charge on any atom is 0.332 e. The molecule has 2 N–H and O–H groups in total. The number of benzene rings is 1. The second-order valence-corrected chi connectivity index (χ2v) is 5.67. The van der Waals surface area contributed by atoms with E-state index in [-0.39, 0.29) is 17.9 Å². The van der Waals surface area contributed by atoms with Crippen molar-refractivity contribution in [2.45, 2.75) is 19.9 Å². The van der Waals surface area contributed by atoms with Gasteiger partial charge < -0.3 is 10.6 Å². The first-order valence-electron chi connectivity index (χ1n) is 7.77. The first kappa shape index (κ1) is 17.5. The number of hydrogen-bond acceptors (Lipinski definition) is 5. The Bertz CT molecular complexity index is 853. The summed E-state index contributed by atoms with van der Waals surface area (Å²) < 4.78 is 2.21. The molecule has 7 heteroatoms. The van der Waals surface area contributed by atoms with Crippen molar-refractivity contribution >= 4 is 17.3 Å². The number of aromatic nitrogens is 2. The average molecular weight is 330 g/mol. The maximum atomic E-state index is 12.6. The number of hydrogen-bond donors (Lipinski definition) is 1. The zero-order chi connectivity index (χ0) is 17.9. The minimum absolute atomic E-state index is 0.00617. The van der Waals surface area contributed by atoms with Crippen LogP contribution in [0.4, 0.5) is 11.5 Å². The molecule has 0 radical (unpaired) electrons. The summed E-state index contributed by atoms with van der Waals surface area (Å²) in [4.78, 5) is 38.9. The van der Waals surface area contributed by atoms with Crippen LogP contribution in [0.2, 0.25) is 0 Å². The van der Waals surface area contributed by atoms with E-state index in [9.17, 15) is 14.4 Å². The number of nitrogen functional groups attached to an aromatic ring is 1. The first-order chi connectivity index (χ1) is 11.4. The van der Waals surface area contributed by atoms with E-state index in [1.807, 2.05) is 37.3 Å². The van der Waals surface area contributed by atoms with Crippen molar-refractivity contribution in [1.29, 1.82) is 0 Å². The summed E-state index contributed by atoms with van der Waals surface area (Å²) in [5.74, 6) is -0.472. The number of carbonyl (C=O) groups is 1. The van der Waals surface area contributed by atoms with Gasteiger partial charge in [0.1, 0.15) is 11.4 Å². The lowest BCUT2D eigenvalue weighted by molar-refractivity contribution is 0.0998. The van der Waals surface area contributed by atoms with Crippen LogP contribution in [0.3, 0.4) is 0 Å². The Hall–Kier alpha value is -2.83. The van der Waals surface area contributed by atoms with Gasteiger partial charge >= 0.3 is 5.69 Å². The number of nitrogens with two attached hydrogens (primary N) is 1. The molecule has 0 spiro atoms. The minimum atomic E-state index is -0.656. The van der Waals surface area contributed by atoms with Crippen LogP contribution in [0.15, 0.2) is 39.9 Å². The molecule has 128 valence electrons. The number of carbonyl (C=O) groups excluding carboxylic acids is 1. The summed E-state index contributed by atoms with van der Waals surface area (Å²) in [5, 5.41) is 0. The third kappa shape index (κ3) is 3.24. The van der Waals surface area contributed by atoms with Crippen LogP contribution in [0.5, 0.6) is 0 Å². The Morgan fingerprint density at radius 3 is 2.42 bits per heavy atom. The summed E-state index contributed by atoms with van der Waals surface area (Å²) in [6.45, 7) is 2.24. The van der Waals surface area contributed by atoms with Gasteiger partial charge in [-0.1, -0.05) is 25.1 Å². The maximum absolute atomic E-state index is 12.6. The Balaban J connectivity index is 2.43. The number of nitrogens with zero attached hydrogens (tertiary/aromatic N) is 3. The van der Waals surface area contributed by atoms with Crippen molar-refractivity contribution in [3.8, 4) is 0 Å². The zero-order valence-corrected chi connectivity index (χ0v) is 14.2. The topological polar surface area (TPSA) is 90.3 Å². The van der Waals surface area contributed by atoms with Crippen LogP contribution in [0.1, 0.15) is 23.7 Å². The molecule has 1 aromatic carbocycles. The fourth-order valence-corrected chi connectivity index (χ4v) is 2.55. The monoisotopic (exact) mass is 330 g/mol. The average Bonchev–Trinajstić information content (AvgIpc) is 2.57. The zero-order valence-electron chi connectivity index (χ0n) is 14.2. The van der Waals surface area contributed by atoms with Gasteiger partial charge in [-0.3, -0.25) is 18.7 Å². The lowest BCUT2D eigenvalue weighted by Crippen LogP contribution is -2.43. The molecule has 0 atom stereocenters. The van der Waals surface area contributed by atoms with Gasteiger partial charge in [-0.2, -0.15) is 0 Å². The van der Waals surface area contributed by atoms with Crippen molar-refractivity contribution in [2.24, 2.45) is 7.05 Å². The van der Waals surface area contributed by atoms with E-state index in [1.165, 1.54) is 11.6 Å². The number of ketones is 1. The number of likely N-dealkylation sites (N-methyl/N-ethyl adjacent to an activating group) is 1. The highest BCUT2D eigenvalue weighted by atomic mass is 16.2. The predicted molar refractivity (Wildman–Crippen MR) is 94.7 cm³/mol. The number of anilines is 2. The van der Waals surface area contributed by atoms with E-state index in [4.69, 9.17) is 5.73 Å². The Morgan fingerprint density at radius 2 is 1.83 bits per heavy atom. The van der Waals surface area contributed by atoms with E-state index in [0.29, 0.717) is 13.0 Å². The largest absolute Gasteiger partial charge is 0.384 e.